The first-order chi connectivity index (χ1) is 13.3. The molecule has 2 aromatic carbocycles. The van der Waals surface area contributed by atoms with Gasteiger partial charge in [0.05, 0.1) is 23.4 Å². The molecule has 5 nitrogen and oxygen atoms in total. The summed E-state index contributed by atoms with van der Waals surface area (Å²) in [7, 11) is 0. The minimum absolute atomic E-state index is 0.200. The molecule has 2 aromatic rings. The van der Waals surface area contributed by atoms with Gasteiger partial charge in [-0.15, -0.1) is 0 Å². The van der Waals surface area contributed by atoms with E-state index in [2.05, 4.69) is 5.32 Å². The van der Waals surface area contributed by atoms with Gasteiger partial charge in [-0.3, -0.25) is 4.79 Å². The normalized spacial score (nSPS) is 11.0. The zero-order valence-corrected chi connectivity index (χ0v) is 15.2. The van der Waals surface area contributed by atoms with Crippen molar-refractivity contribution >= 4 is 17.6 Å². The highest BCUT2D eigenvalue weighted by molar-refractivity contribution is 5.96. The van der Waals surface area contributed by atoms with E-state index in [1.807, 2.05) is 6.92 Å². The average molecular weight is 395 g/mol. The van der Waals surface area contributed by atoms with Gasteiger partial charge < -0.3 is 14.8 Å². The van der Waals surface area contributed by atoms with Crippen LogP contribution in [0.15, 0.2) is 48.5 Å². The lowest BCUT2D eigenvalue weighted by atomic mass is 10.1. The standard InChI is InChI=1S/C20H20F3NO4/c1-2-3-12-27-15-10-8-14(9-11-15)19(26)28-13-18(25)24-17-7-5-4-6-16(17)20(21,22)23/h4-11H,2-3,12-13H2,1H3,(H,24,25). The van der Waals surface area contributed by atoms with Gasteiger partial charge in [-0.2, -0.15) is 13.2 Å². The summed E-state index contributed by atoms with van der Waals surface area (Å²) in [5, 5.41) is 2.11. The highest BCUT2D eigenvalue weighted by Gasteiger charge is 2.33. The molecule has 28 heavy (non-hydrogen) atoms. The maximum atomic E-state index is 12.9. The molecule has 150 valence electrons. The van der Waals surface area contributed by atoms with Crippen LogP contribution in [0.25, 0.3) is 0 Å². The van der Waals surface area contributed by atoms with Crippen LogP contribution in [0.1, 0.15) is 35.7 Å². The highest BCUT2D eigenvalue weighted by atomic mass is 19.4. The number of unbranched alkanes of at least 4 members (excludes halogenated alkanes) is 1. The summed E-state index contributed by atoms with van der Waals surface area (Å²) in [4.78, 5) is 23.8. The third-order valence-electron chi connectivity index (χ3n) is 3.70. The number of esters is 1. The number of nitrogens with one attached hydrogen (secondary N) is 1. The van der Waals surface area contributed by atoms with Gasteiger partial charge in [0.25, 0.3) is 5.91 Å². The molecule has 0 spiro atoms. The van der Waals surface area contributed by atoms with Crippen LogP contribution in [0.2, 0.25) is 0 Å². The molecule has 0 saturated carbocycles. The number of carbonyl (C=O) groups excluding carboxylic acids is 2. The monoisotopic (exact) mass is 395 g/mol. The molecule has 1 amide bonds. The van der Waals surface area contributed by atoms with Gasteiger partial charge in [0, 0.05) is 0 Å². The van der Waals surface area contributed by atoms with E-state index in [1.54, 1.807) is 12.1 Å². The first-order valence-electron chi connectivity index (χ1n) is 8.67. The molecule has 0 aliphatic heterocycles. The summed E-state index contributed by atoms with van der Waals surface area (Å²) in [6.07, 6.45) is -2.70. The van der Waals surface area contributed by atoms with Crippen molar-refractivity contribution in [2.45, 2.75) is 25.9 Å². The SMILES string of the molecule is CCCCOc1ccc(C(=O)OCC(=O)Nc2ccccc2C(F)(F)F)cc1. The molecule has 1 N–H and O–H groups in total. The molecule has 2 rings (SSSR count). The van der Waals surface area contributed by atoms with Crippen molar-refractivity contribution in [3.05, 3.63) is 59.7 Å². The second kappa shape index (κ2) is 9.77. The van der Waals surface area contributed by atoms with E-state index in [0.29, 0.717) is 12.4 Å². The Morgan fingerprint density at radius 3 is 2.36 bits per heavy atom. The number of hydrogen-bond donors (Lipinski definition) is 1. The van der Waals surface area contributed by atoms with Gasteiger partial charge in [0.2, 0.25) is 0 Å². The van der Waals surface area contributed by atoms with Crippen molar-refractivity contribution < 1.29 is 32.2 Å². The second-order valence-corrected chi connectivity index (χ2v) is 5.89. The van der Waals surface area contributed by atoms with Crippen LogP contribution in [0.3, 0.4) is 0 Å². The predicted molar refractivity (Wildman–Crippen MR) is 97.2 cm³/mol. The lowest BCUT2D eigenvalue weighted by molar-refractivity contribution is -0.137. The smallest absolute Gasteiger partial charge is 0.418 e. The van der Waals surface area contributed by atoms with Crippen LogP contribution in [-0.2, 0) is 15.7 Å². The molecule has 0 atom stereocenters. The van der Waals surface area contributed by atoms with Crippen LogP contribution in [0.5, 0.6) is 5.75 Å². The maximum Gasteiger partial charge on any atom is 0.418 e. The Morgan fingerprint density at radius 1 is 1.04 bits per heavy atom. The highest BCUT2D eigenvalue weighted by Crippen LogP contribution is 2.34. The number of benzene rings is 2. The molecule has 0 radical (unpaired) electrons. The molecule has 0 fully saturated rings. The Kier molecular flexibility index (Phi) is 7.43. The number of amides is 1. The van der Waals surface area contributed by atoms with Crippen LogP contribution in [-0.4, -0.2) is 25.1 Å². The fraction of sp³-hybridized carbons (Fsp3) is 0.300. The largest absolute Gasteiger partial charge is 0.494 e. The number of ether oxygens (including phenoxy) is 2. The Morgan fingerprint density at radius 2 is 1.71 bits per heavy atom. The lowest BCUT2D eigenvalue weighted by Crippen LogP contribution is -2.22. The van der Waals surface area contributed by atoms with Gasteiger partial charge in [0.1, 0.15) is 5.75 Å². The van der Waals surface area contributed by atoms with E-state index in [1.165, 1.54) is 24.3 Å². The van der Waals surface area contributed by atoms with Gasteiger partial charge >= 0.3 is 12.1 Å². The van der Waals surface area contributed by atoms with Crippen LogP contribution >= 0.6 is 0 Å². The predicted octanol–water partition coefficient (Wildman–Crippen LogP) is 4.68. The first kappa shape index (κ1) is 21.3. The minimum Gasteiger partial charge on any atom is -0.494 e. The summed E-state index contributed by atoms with van der Waals surface area (Å²) in [6.45, 7) is 1.90. The lowest BCUT2D eigenvalue weighted by Gasteiger charge is -2.13. The summed E-state index contributed by atoms with van der Waals surface area (Å²) < 4.78 is 49.1. The molecule has 0 aliphatic carbocycles. The molecule has 0 bridgehead atoms. The van der Waals surface area contributed by atoms with Crippen molar-refractivity contribution in [2.75, 3.05) is 18.5 Å². The second-order valence-electron chi connectivity index (χ2n) is 5.89. The fourth-order valence-corrected chi connectivity index (χ4v) is 2.26. The molecule has 0 aliphatic rings. The van der Waals surface area contributed by atoms with Crippen LogP contribution in [0, 0.1) is 0 Å². The molecule has 0 unspecified atom stereocenters. The number of carbonyl (C=O) groups is 2. The van der Waals surface area contributed by atoms with Crippen molar-refractivity contribution in [3.8, 4) is 5.75 Å². The number of halogens is 3. The van der Waals surface area contributed by atoms with Crippen LogP contribution < -0.4 is 10.1 Å². The maximum absolute atomic E-state index is 12.9. The summed E-state index contributed by atoms with van der Waals surface area (Å²) in [6, 6.07) is 10.7. The zero-order valence-electron chi connectivity index (χ0n) is 15.2. The third kappa shape index (κ3) is 6.29. The molecule has 0 aromatic heterocycles. The Labute approximate surface area is 160 Å². The Balaban J connectivity index is 1.88. The third-order valence-corrected chi connectivity index (χ3v) is 3.70. The van der Waals surface area contributed by atoms with E-state index in [-0.39, 0.29) is 5.56 Å². The number of anilines is 1. The Bertz CT molecular complexity index is 804. The van der Waals surface area contributed by atoms with Crippen molar-refractivity contribution in [1.82, 2.24) is 0 Å². The van der Waals surface area contributed by atoms with Gasteiger partial charge in [-0.05, 0) is 42.8 Å². The van der Waals surface area contributed by atoms with E-state index in [9.17, 15) is 22.8 Å². The Hall–Kier alpha value is -3.03. The number of rotatable bonds is 8. The van der Waals surface area contributed by atoms with Gasteiger partial charge in [0.15, 0.2) is 6.61 Å². The van der Waals surface area contributed by atoms with Crippen LogP contribution in [0.4, 0.5) is 18.9 Å². The van der Waals surface area contributed by atoms with Crippen molar-refractivity contribution in [3.63, 3.8) is 0 Å². The molecule has 0 heterocycles. The minimum atomic E-state index is -4.61. The van der Waals surface area contributed by atoms with E-state index in [4.69, 9.17) is 9.47 Å². The number of hydrogen-bond acceptors (Lipinski definition) is 4. The molecular formula is C20H20F3NO4. The summed E-state index contributed by atoms with van der Waals surface area (Å²) >= 11 is 0. The van der Waals surface area contributed by atoms with Gasteiger partial charge in [-0.25, -0.2) is 4.79 Å². The van der Waals surface area contributed by atoms with Crippen molar-refractivity contribution in [1.29, 1.82) is 0 Å². The average Bonchev–Trinajstić information content (AvgIpc) is 2.66. The van der Waals surface area contributed by atoms with E-state index >= 15 is 0 Å². The number of alkyl halides is 3. The van der Waals surface area contributed by atoms with Gasteiger partial charge in [-0.1, -0.05) is 25.5 Å². The topological polar surface area (TPSA) is 64.6 Å². The number of para-hydroxylation sites is 1. The zero-order chi connectivity index (χ0) is 20.6. The molecule has 8 heteroatoms. The molecular weight excluding hydrogens is 375 g/mol. The first-order valence-corrected chi connectivity index (χ1v) is 8.67. The molecule has 0 saturated heterocycles. The fourth-order valence-electron chi connectivity index (χ4n) is 2.26. The van der Waals surface area contributed by atoms with E-state index < -0.39 is 35.9 Å². The van der Waals surface area contributed by atoms with Crippen molar-refractivity contribution in [2.24, 2.45) is 0 Å². The summed E-state index contributed by atoms with van der Waals surface area (Å²) in [5.74, 6) is -1.03. The van der Waals surface area contributed by atoms with E-state index in [0.717, 1.165) is 25.0 Å². The quantitative estimate of drug-likeness (QED) is 0.521. The summed E-state index contributed by atoms with van der Waals surface area (Å²) in [5.41, 5.74) is -1.18.